The van der Waals surface area contributed by atoms with Crippen LogP contribution in [0.5, 0.6) is 0 Å². The lowest BCUT2D eigenvalue weighted by Gasteiger charge is -2.30. The highest BCUT2D eigenvalue weighted by molar-refractivity contribution is 4.76. The summed E-state index contributed by atoms with van der Waals surface area (Å²) in [5.74, 6) is 0. The molecule has 0 spiro atoms. The van der Waals surface area contributed by atoms with Crippen LogP contribution in [-0.2, 0) is 9.47 Å². The maximum Gasteiger partial charge on any atom is 0.185 e. The molecule has 1 N–H and O–H groups in total. The Labute approximate surface area is 113 Å². The van der Waals surface area contributed by atoms with Gasteiger partial charge >= 0.3 is 0 Å². The van der Waals surface area contributed by atoms with Crippen molar-refractivity contribution in [2.75, 3.05) is 14.2 Å². The first-order valence-electron chi connectivity index (χ1n) is 7.36. The fourth-order valence-electron chi connectivity index (χ4n) is 2.34. The SMILES string of the molecule is CCCCCCCCCCC(C)(O)C(OC)OC. The third-order valence-corrected chi connectivity index (χ3v) is 3.47. The standard InChI is InChI=1S/C15H32O3/c1-5-6-7-8-9-10-11-12-13-15(2,16)14(17-3)18-4/h14,16H,5-13H2,1-4H3. The molecular weight excluding hydrogens is 228 g/mol. The number of rotatable bonds is 12. The average molecular weight is 260 g/mol. The van der Waals surface area contributed by atoms with Gasteiger partial charge in [-0.2, -0.15) is 0 Å². The molecule has 0 aromatic carbocycles. The molecule has 0 aromatic rings. The molecule has 0 saturated heterocycles. The molecule has 0 rings (SSSR count). The second-order valence-corrected chi connectivity index (χ2v) is 5.39. The Hall–Kier alpha value is -0.120. The molecule has 3 heteroatoms. The van der Waals surface area contributed by atoms with E-state index >= 15 is 0 Å². The zero-order chi connectivity index (χ0) is 13.9. The molecule has 0 aliphatic carbocycles. The van der Waals surface area contributed by atoms with Crippen LogP contribution in [-0.4, -0.2) is 31.2 Å². The lowest BCUT2D eigenvalue weighted by molar-refractivity contribution is -0.210. The summed E-state index contributed by atoms with van der Waals surface area (Å²) in [6.45, 7) is 4.02. The van der Waals surface area contributed by atoms with Gasteiger partial charge in [0.05, 0.1) is 0 Å². The third kappa shape index (κ3) is 8.06. The maximum atomic E-state index is 10.2. The van der Waals surface area contributed by atoms with Gasteiger partial charge < -0.3 is 14.6 Å². The first-order valence-corrected chi connectivity index (χ1v) is 7.36. The van der Waals surface area contributed by atoms with E-state index in [-0.39, 0.29) is 0 Å². The number of aliphatic hydroxyl groups is 1. The van der Waals surface area contributed by atoms with Gasteiger partial charge in [0.1, 0.15) is 5.60 Å². The normalized spacial score (nSPS) is 15.0. The van der Waals surface area contributed by atoms with Gasteiger partial charge in [-0.1, -0.05) is 58.3 Å². The van der Waals surface area contributed by atoms with Crippen molar-refractivity contribution < 1.29 is 14.6 Å². The molecule has 0 aromatic heterocycles. The van der Waals surface area contributed by atoms with Crippen LogP contribution in [0.2, 0.25) is 0 Å². The number of hydrogen-bond donors (Lipinski definition) is 1. The summed E-state index contributed by atoms with van der Waals surface area (Å²) >= 11 is 0. The average Bonchev–Trinajstić information content (AvgIpc) is 2.33. The fourth-order valence-corrected chi connectivity index (χ4v) is 2.34. The number of hydrogen-bond acceptors (Lipinski definition) is 3. The predicted molar refractivity (Wildman–Crippen MR) is 75.7 cm³/mol. The van der Waals surface area contributed by atoms with Crippen LogP contribution >= 0.6 is 0 Å². The van der Waals surface area contributed by atoms with Gasteiger partial charge in [0.2, 0.25) is 0 Å². The Morgan fingerprint density at radius 3 is 1.78 bits per heavy atom. The third-order valence-electron chi connectivity index (χ3n) is 3.47. The van der Waals surface area contributed by atoms with E-state index in [0.29, 0.717) is 0 Å². The molecule has 1 unspecified atom stereocenters. The monoisotopic (exact) mass is 260 g/mol. The molecule has 0 amide bonds. The van der Waals surface area contributed by atoms with E-state index in [4.69, 9.17) is 9.47 Å². The van der Waals surface area contributed by atoms with Crippen LogP contribution < -0.4 is 0 Å². The van der Waals surface area contributed by atoms with Crippen LogP contribution in [0.25, 0.3) is 0 Å². The second-order valence-electron chi connectivity index (χ2n) is 5.39. The van der Waals surface area contributed by atoms with Crippen LogP contribution in [0.15, 0.2) is 0 Å². The number of methoxy groups -OCH3 is 2. The van der Waals surface area contributed by atoms with Gasteiger partial charge in [-0.15, -0.1) is 0 Å². The van der Waals surface area contributed by atoms with E-state index in [9.17, 15) is 5.11 Å². The molecule has 18 heavy (non-hydrogen) atoms. The van der Waals surface area contributed by atoms with Gasteiger partial charge in [-0.25, -0.2) is 0 Å². The van der Waals surface area contributed by atoms with E-state index < -0.39 is 11.9 Å². The minimum Gasteiger partial charge on any atom is -0.385 e. The van der Waals surface area contributed by atoms with Gasteiger partial charge in [-0.3, -0.25) is 0 Å². The topological polar surface area (TPSA) is 38.7 Å². The van der Waals surface area contributed by atoms with Gasteiger partial charge in [0, 0.05) is 14.2 Å². The Morgan fingerprint density at radius 2 is 1.33 bits per heavy atom. The Balaban J connectivity index is 3.52. The zero-order valence-electron chi connectivity index (χ0n) is 12.7. The van der Waals surface area contributed by atoms with E-state index in [1.807, 2.05) is 0 Å². The Bertz CT molecular complexity index is 177. The van der Waals surface area contributed by atoms with Crippen LogP contribution in [0.3, 0.4) is 0 Å². The molecule has 0 aliphatic rings. The van der Waals surface area contributed by atoms with E-state index in [1.54, 1.807) is 21.1 Å². The van der Waals surface area contributed by atoms with Crippen molar-refractivity contribution in [3.05, 3.63) is 0 Å². The lowest BCUT2D eigenvalue weighted by Crippen LogP contribution is -2.41. The Kier molecular flexibility index (Phi) is 10.7. The van der Waals surface area contributed by atoms with E-state index in [1.165, 1.54) is 44.9 Å². The highest BCUT2D eigenvalue weighted by Crippen LogP contribution is 2.22. The van der Waals surface area contributed by atoms with Crippen molar-refractivity contribution in [1.29, 1.82) is 0 Å². The fraction of sp³-hybridized carbons (Fsp3) is 1.00. The van der Waals surface area contributed by atoms with Crippen molar-refractivity contribution in [3.8, 4) is 0 Å². The maximum absolute atomic E-state index is 10.2. The van der Waals surface area contributed by atoms with Crippen LogP contribution in [0.1, 0.15) is 71.6 Å². The summed E-state index contributed by atoms with van der Waals surface area (Å²) in [4.78, 5) is 0. The predicted octanol–water partition coefficient (Wildman–Crippen LogP) is 3.89. The van der Waals surface area contributed by atoms with Crippen molar-refractivity contribution in [3.63, 3.8) is 0 Å². The number of unbranched alkanes of at least 4 members (excludes halogenated alkanes) is 7. The lowest BCUT2D eigenvalue weighted by atomic mass is 9.96. The first-order chi connectivity index (χ1) is 8.58. The quantitative estimate of drug-likeness (QED) is 0.427. The van der Waals surface area contributed by atoms with Crippen molar-refractivity contribution in [1.82, 2.24) is 0 Å². The molecule has 0 bridgehead atoms. The van der Waals surface area contributed by atoms with Gasteiger partial charge in [0.15, 0.2) is 6.29 Å². The smallest absolute Gasteiger partial charge is 0.185 e. The molecule has 1 atom stereocenters. The molecule has 0 saturated carbocycles. The number of ether oxygens (including phenoxy) is 2. The first kappa shape index (κ1) is 17.9. The van der Waals surface area contributed by atoms with Gasteiger partial charge in [0.25, 0.3) is 0 Å². The van der Waals surface area contributed by atoms with Gasteiger partial charge in [-0.05, 0) is 13.3 Å². The minimum absolute atomic E-state index is 0.526. The highest BCUT2D eigenvalue weighted by atomic mass is 16.7. The van der Waals surface area contributed by atoms with E-state index in [2.05, 4.69) is 6.92 Å². The second kappa shape index (κ2) is 10.8. The molecule has 0 heterocycles. The van der Waals surface area contributed by atoms with Crippen LogP contribution in [0, 0.1) is 0 Å². The largest absolute Gasteiger partial charge is 0.385 e. The van der Waals surface area contributed by atoms with E-state index in [0.717, 1.165) is 12.8 Å². The van der Waals surface area contributed by atoms with Crippen LogP contribution in [0.4, 0.5) is 0 Å². The zero-order valence-corrected chi connectivity index (χ0v) is 12.7. The molecule has 110 valence electrons. The van der Waals surface area contributed by atoms with Crippen molar-refractivity contribution in [2.45, 2.75) is 83.5 Å². The molecule has 0 radical (unpaired) electrons. The summed E-state index contributed by atoms with van der Waals surface area (Å²) in [5.41, 5.74) is -0.883. The summed E-state index contributed by atoms with van der Waals surface area (Å²) < 4.78 is 10.2. The van der Waals surface area contributed by atoms with Crippen molar-refractivity contribution in [2.24, 2.45) is 0 Å². The molecule has 3 nitrogen and oxygen atoms in total. The molecule has 0 fully saturated rings. The summed E-state index contributed by atoms with van der Waals surface area (Å²) in [6, 6.07) is 0. The van der Waals surface area contributed by atoms with Crippen molar-refractivity contribution >= 4 is 0 Å². The highest BCUT2D eigenvalue weighted by Gasteiger charge is 2.31. The minimum atomic E-state index is -0.883. The Morgan fingerprint density at radius 1 is 0.889 bits per heavy atom. The summed E-state index contributed by atoms with van der Waals surface area (Å²) in [5, 5.41) is 10.2. The molecule has 0 aliphatic heterocycles. The summed E-state index contributed by atoms with van der Waals surface area (Å²) in [7, 11) is 3.13. The summed E-state index contributed by atoms with van der Waals surface area (Å²) in [6.07, 6.45) is 10.4. The molecular formula is C15H32O3.